The molecule has 5 heteroatoms. The molecule has 0 radical (unpaired) electrons. The van der Waals surface area contributed by atoms with Crippen molar-refractivity contribution < 1.29 is 5.11 Å². The van der Waals surface area contributed by atoms with E-state index in [0.717, 1.165) is 36.1 Å². The number of nitrogens with zero attached hydrogens (tertiary/aromatic N) is 3. The molecule has 2 saturated heterocycles. The third-order valence-corrected chi connectivity index (χ3v) is 6.96. The first kappa shape index (κ1) is 20.1. The molecule has 0 amide bonds. The second-order valence-corrected chi connectivity index (χ2v) is 9.13. The number of aliphatic hydroxyl groups excluding tert-OH is 1. The number of rotatable bonds is 6. The molecule has 4 nitrogen and oxygen atoms in total. The Morgan fingerprint density at radius 1 is 1.23 bits per heavy atom. The number of pyridine rings is 1. The molecule has 3 rings (SSSR count). The first-order valence-electron chi connectivity index (χ1n) is 10.2. The topological polar surface area (TPSA) is 39.6 Å². The van der Waals surface area contributed by atoms with Crippen molar-refractivity contribution in [2.45, 2.75) is 46.1 Å². The van der Waals surface area contributed by atoms with Gasteiger partial charge in [-0.3, -0.25) is 9.88 Å². The molecule has 1 aromatic heterocycles. The molecule has 2 aliphatic rings. The zero-order valence-corrected chi connectivity index (χ0v) is 17.1. The van der Waals surface area contributed by atoms with Gasteiger partial charge >= 0.3 is 0 Å². The van der Waals surface area contributed by atoms with Gasteiger partial charge < -0.3 is 10.0 Å². The van der Waals surface area contributed by atoms with Crippen molar-refractivity contribution in [1.29, 1.82) is 0 Å². The molecular formula is C21H34ClN3O. The van der Waals surface area contributed by atoms with Gasteiger partial charge in [0.05, 0.1) is 5.02 Å². The van der Waals surface area contributed by atoms with Crippen LogP contribution in [0, 0.1) is 17.3 Å². The molecule has 1 unspecified atom stereocenters. The number of piperidine rings is 2. The normalized spacial score (nSPS) is 24.4. The summed E-state index contributed by atoms with van der Waals surface area (Å²) < 4.78 is 0. The Bertz CT molecular complexity index is 572. The third-order valence-electron chi connectivity index (χ3n) is 6.62. The van der Waals surface area contributed by atoms with E-state index in [1.54, 1.807) is 6.20 Å². The molecule has 0 aliphatic carbocycles. The fourth-order valence-corrected chi connectivity index (χ4v) is 4.85. The van der Waals surface area contributed by atoms with Crippen LogP contribution < -0.4 is 0 Å². The first-order chi connectivity index (χ1) is 12.5. The third kappa shape index (κ3) is 4.78. The van der Waals surface area contributed by atoms with E-state index < -0.39 is 0 Å². The van der Waals surface area contributed by atoms with Gasteiger partial charge in [0.1, 0.15) is 0 Å². The summed E-state index contributed by atoms with van der Waals surface area (Å²) in [7, 11) is 0. The van der Waals surface area contributed by atoms with Crippen molar-refractivity contribution in [2.24, 2.45) is 17.3 Å². The summed E-state index contributed by atoms with van der Waals surface area (Å²) in [6.07, 6.45) is 8.48. The zero-order chi connectivity index (χ0) is 18.6. The van der Waals surface area contributed by atoms with E-state index >= 15 is 0 Å². The standard InChI is InChI=1S/C21H34ClN3O/c1-17(2)4-9-24-10-5-21(6-11-24)7-12-25(15-19(21)16-26)14-18-3-8-23-13-20(18)22/h3,8,13,17,19,26H,4-7,9-12,14-16H2,1-2H3. The van der Waals surface area contributed by atoms with Crippen molar-refractivity contribution in [2.75, 3.05) is 39.3 Å². The minimum Gasteiger partial charge on any atom is -0.396 e. The molecule has 1 spiro atoms. The first-order valence-corrected chi connectivity index (χ1v) is 10.5. The number of likely N-dealkylation sites (tertiary alicyclic amines) is 2. The van der Waals surface area contributed by atoms with Gasteiger partial charge in [0.15, 0.2) is 0 Å². The quantitative estimate of drug-likeness (QED) is 0.818. The average molecular weight is 380 g/mol. The summed E-state index contributed by atoms with van der Waals surface area (Å²) in [5, 5.41) is 10.9. The summed E-state index contributed by atoms with van der Waals surface area (Å²) in [6.45, 7) is 11.4. The molecule has 2 aliphatic heterocycles. The van der Waals surface area contributed by atoms with E-state index in [4.69, 9.17) is 11.6 Å². The Morgan fingerprint density at radius 2 is 1.92 bits per heavy atom. The van der Waals surface area contributed by atoms with Gasteiger partial charge in [-0.1, -0.05) is 25.4 Å². The van der Waals surface area contributed by atoms with Crippen molar-refractivity contribution >= 4 is 11.6 Å². The summed E-state index contributed by atoms with van der Waals surface area (Å²) in [4.78, 5) is 9.16. The van der Waals surface area contributed by atoms with Crippen LogP contribution in [0.2, 0.25) is 5.02 Å². The maximum atomic E-state index is 10.1. The fraction of sp³-hybridized carbons (Fsp3) is 0.762. The maximum absolute atomic E-state index is 10.1. The van der Waals surface area contributed by atoms with Crippen LogP contribution in [0.15, 0.2) is 18.5 Å². The lowest BCUT2D eigenvalue weighted by Crippen LogP contribution is -2.53. The largest absolute Gasteiger partial charge is 0.396 e. The Balaban J connectivity index is 1.56. The Morgan fingerprint density at radius 3 is 2.54 bits per heavy atom. The number of hydrogen-bond acceptors (Lipinski definition) is 4. The summed E-state index contributed by atoms with van der Waals surface area (Å²) in [5.41, 5.74) is 1.47. The molecule has 1 N–H and O–H groups in total. The van der Waals surface area contributed by atoms with Crippen LogP contribution in [0.3, 0.4) is 0 Å². The van der Waals surface area contributed by atoms with Gasteiger partial charge in [-0.2, -0.15) is 0 Å². The molecule has 2 fully saturated rings. The van der Waals surface area contributed by atoms with Crippen LogP contribution in [-0.2, 0) is 6.54 Å². The van der Waals surface area contributed by atoms with Crippen LogP contribution in [0.25, 0.3) is 0 Å². The molecule has 1 aromatic rings. The van der Waals surface area contributed by atoms with E-state index in [9.17, 15) is 5.11 Å². The van der Waals surface area contributed by atoms with Gasteiger partial charge in [0.2, 0.25) is 0 Å². The van der Waals surface area contributed by atoms with Gasteiger partial charge in [-0.15, -0.1) is 0 Å². The molecule has 146 valence electrons. The highest BCUT2D eigenvalue weighted by molar-refractivity contribution is 6.31. The Labute approximate surface area is 163 Å². The summed E-state index contributed by atoms with van der Waals surface area (Å²) in [5.74, 6) is 1.16. The second-order valence-electron chi connectivity index (χ2n) is 8.72. The summed E-state index contributed by atoms with van der Waals surface area (Å²) in [6, 6.07) is 2.01. The molecule has 1 atom stereocenters. The number of aromatic nitrogens is 1. The molecule has 3 heterocycles. The van der Waals surface area contributed by atoms with Crippen LogP contribution in [0.1, 0.15) is 45.1 Å². The van der Waals surface area contributed by atoms with E-state index in [1.165, 1.54) is 45.3 Å². The number of hydrogen-bond donors (Lipinski definition) is 1. The highest BCUT2D eigenvalue weighted by atomic mass is 35.5. The van der Waals surface area contributed by atoms with Crippen LogP contribution in [0.5, 0.6) is 0 Å². The van der Waals surface area contributed by atoms with Crippen molar-refractivity contribution in [3.05, 3.63) is 29.0 Å². The van der Waals surface area contributed by atoms with Gasteiger partial charge in [-0.25, -0.2) is 0 Å². The fourth-order valence-electron chi connectivity index (χ4n) is 4.67. The highest BCUT2D eigenvalue weighted by Gasteiger charge is 2.44. The van der Waals surface area contributed by atoms with E-state index in [-0.39, 0.29) is 0 Å². The van der Waals surface area contributed by atoms with Crippen molar-refractivity contribution in [3.63, 3.8) is 0 Å². The Hall–Kier alpha value is -0.680. The van der Waals surface area contributed by atoms with Gasteiger partial charge in [0.25, 0.3) is 0 Å². The lowest BCUT2D eigenvalue weighted by Gasteiger charge is -2.51. The molecule has 26 heavy (non-hydrogen) atoms. The monoisotopic (exact) mass is 379 g/mol. The minimum absolute atomic E-state index is 0.298. The van der Waals surface area contributed by atoms with E-state index in [2.05, 4.69) is 28.6 Å². The van der Waals surface area contributed by atoms with E-state index in [1.807, 2.05) is 12.3 Å². The smallest absolute Gasteiger partial charge is 0.0634 e. The summed E-state index contributed by atoms with van der Waals surface area (Å²) >= 11 is 6.28. The van der Waals surface area contributed by atoms with E-state index in [0.29, 0.717) is 17.9 Å². The predicted molar refractivity (Wildman–Crippen MR) is 107 cm³/mol. The molecule has 0 bridgehead atoms. The van der Waals surface area contributed by atoms with Crippen LogP contribution in [0.4, 0.5) is 0 Å². The zero-order valence-electron chi connectivity index (χ0n) is 16.3. The second kappa shape index (κ2) is 9.01. The molecule has 0 aromatic carbocycles. The lowest BCUT2D eigenvalue weighted by molar-refractivity contribution is -0.0441. The highest BCUT2D eigenvalue weighted by Crippen LogP contribution is 2.45. The SMILES string of the molecule is CC(C)CCN1CCC2(CC1)CCN(Cc1ccncc1Cl)CC2CO. The van der Waals surface area contributed by atoms with Crippen molar-refractivity contribution in [1.82, 2.24) is 14.8 Å². The van der Waals surface area contributed by atoms with Crippen LogP contribution >= 0.6 is 11.6 Å². The van der Waals surface area contributed by atoms with Crippen molar-refractivity contribution in [3.8, 4) is 0 Å². The number of aliphatic hydroxyl groups is 1. The molecular weight excluding hydrogens is 346 g/mol. The minimum atomic E-state index is 0.298. The number of halogens is 1. The Kier molecular flexibility index (Phi) is 6.95. The lowest BCUT2D eigenvalue weighted by atomic mass is 9.64. The predicted octanol–water partition coefficient (Wildman–Crippen LogP) is 3.68. The molecule has 0 saturated carbocycles. The van der Waals surface area contributed by atoms with Crippen LogP contribution in [-0.4, -0.2) is 59.2 Å². The van der Waals surface area contributed by atoms with Gasteiger partial charge in [0, 0.05) is 38.0 Å². The average Bonchev–Trinajstić information content (AvgIpc) is 2.64. The maximum Gasteiger partial charge on any atom is 0.0634 e. The van der Waals surface area contributed by atoms with Gasteiger partial charge in [-0.05, 0) is 74.8 Å².